The molecule has 0 radical (unpaired) electrons. The van der Waals surface area contributed by atoms with Gasteiger partial charge in [-0.3, -0.25) is 14.8 Å². The summed E-state index contributed by atoms with van der Waals surface area (Å²) < 4.78 is 7.16. The zero-order valence-electron chi connectivity index (χ0n) is 12.5. The molecule has 0 spiro atoms. The Morgan fingerprint density at radius 1 is 1.45 bits per heavy atom. The number of amides is 1. The van der Waals surface area contributed by atoms with Crippen LogP contribution in [0.3, 0.4) is 0 Å². The Labute approximate surface area is 120 Å². The van der Waals surface area contributed by atoms with Gasteiger partial charge < -0.3 is 9.64 Å². The van der Waals surface area contributed by atoms with Crippen LogP contribution >= 0.6 is 0 Å². The molecule has 2 atom stereocenters. The van der Waals surface area contributed by atoms with Gasteiger partial charge in [0, 0.05) is 37.4 Å². The molecule has 6 heteroatoms. The van der Waals surface area contributed by atoms with Crippen molar-refractivity contribution >= 4 is 5.91 Å². The van der Waals surface area contributed by atoms with Crippen LogP contribution in [0.1, 0.15) is 32.4 Å². The third-order valence-electron chi connectivity index (χ3n) is 3.67. The van der Waals surface area contributed by atoms with Crippen molar-refractivity contribution in [1.29, 1.82) is 0 Å². The van der Waals surface area contributed by atoms with Crippen molar-refractivity contribution in [3.05, 3.63) is 18.0 Å². The standard InChI is InChI=1S/C14H24N4O2/c1-4-18-10-13(9-15-18)11(2)16-12(3)14(19)17-5-7-20-8-6-17/h9-12,16H,4-8H2,1-3H3. The summed E-state index contributed by atoms with van der Waals surface area (Å²) in [6.07, 6.45) is 3.87. The second-order valence-corrected chi connectivity index (χ2v) is 5.18. The monoisotopic (exact) mass is 280 g/mol. The summed E-state index contributed by atoms with van der Waals surface area (Å²) in [7, 11) is 0. The predicted molar refractivity (Wildman–Crippen MR) is 76.3 cm³/mol. The van der Waals surface area contributed by atoms with Crippen LogP contribution in [-0.4, -0.2) is 52.9 Å². The van der Waals surface area contributed by atoms with Crippen molar-refractivity contribution in [3.63, 3.8) is 0 Å². The number of hydrogen-bond acceptors (Lipinski definition) is 4. The number of nitrogens with one attached hydrogen (secondary N) is 1. The molecule has 112 valence electrons. The van der Waals surface area contributed by atoms with E-state index in [1.54, 1.807) is 0 Å². The average molecular weight is 280 g/mol. The fraction of sp³-hybridized carbons (Fsp3) is 0.714. The Morgan fingerprint density at radius 2 is 2.15 bits per heavy atom. The van der Waals surface area contributed by atoms with Crippen LogP contribution in [-0.2, 0) is 16.1 Å². The van der Waals surface area contributed by atoms with E-state index < -0.39 is 0 Å². The Bertz CT molecular complexity index is 440. The molecule has 6 nitrogen and oxygen atoms in total. The van der Waals surface area contributed by atoms with Gasteiger partial charge in [-0.05, 0) is 20.8 Å². The van der Waals surface area contributed by atoms with E-state index in [9.17, 15) is 4.79 Å². The van der Waals surface area contributed by atoms with Crippen LogP contribution in [0.15, 0.2) is 12.4 Å². The van der Waals surface area contributed by atoms with Gasteiger partial charge in [0.2, 0.25) is 5.91 Å². The molecule has 1 aromatic heterocycles. The lowest BCUT2D eigenvalue weighted by Gasteiger charge is -2.30. The summed E-state index contributed by atoms with van der Waals surface area (Å²) in [4.78, 5) is 14.2. The quantitative estimate of drug-likeness (QED) is 0.867. The number of nitrogens with zero attached hydrogens (tertiary/aromatic N) is 3. The zero-order chi connectivity index (χ0) is 14.5. The SMILES string of the molecule is CCn1cc(C(C)NC(C)C(=O)N2CCOCC2)cn1. The molecule has 0 saturated carbocycles. The van der Waals surface area contributed by atoms with Gasteiger partial charge in [0.1, 0.15) is 0 Å². The first-order valence-electron chi connectivity index (χ1n) is 7.26. The van der Waals surface area contributed by atoms with Crippen LogP contribution in [0.25, 0.3) is 0 Å². The van der Waals surface area contributed by atoms with E-state index in [4.69, 9.17) is 4.74 Å². The first kappa shape index (κ1) is 15.0. The van der Waals surface area contributed by atoms with E-state index in [1.165, 1.54) is 0 Å². The number of hydrogen-bond donors (Lipinski definition) is 1. The van der Waals surface area contributed by atoms with Crippen molar-refractivity contribution in [1.82, 2.24) is 20.0 Å². The van der Waals surface area contributed by atoms with Gasteiger partial charge in [-0.1, -0.05) is 0 Å². The van der Waals surface area contributed by atoms with Crippen LogP contribution in [0.4, 0.5) is 0 Å². The molecule has 0 bridgehead atoms. The highest BCUT2D eigenvalue weighted by Crippen LogP contribution is 2.12. The normalized spacial score (nSPS) is 18.9. The number of morpholine rings is 1. The van der Waals surface area contributed by atoms with E-state index in [2.05, 4.69) is 24.3 Å². The second kappa shape index (κ2) is 6.85. The second-order valence-electron chi connectivity index (χ2n) is 5.18. The van der Waals surface area contributed by atoms with Crippen molar-refractivity contribution in [3.8, 4) is 0 Å². The predicted octanol–water partition coefficient (Wildman–Crippen LogP) is 0.801. The van der Waals surface area contributed by atoms with Crippen molar-refractivity contribution in [2.24, 2.45) is 0 Å². The Kier molecular flexibility index (Phi) is 5.14. The third kappa shape index (κ3) is 3.58. The summed E-state index contributed by atoms with van der Waals surface area (Å²) >= 11 is 0. The highest BCUT2D eigenvalue weighted by atomic mass is 16.5. The number of rotatable bonds is 5. The first-order valence-corrected chi connectivity index (χ1v) is 7.26. The van der Waals surface area contributed by atoms with Gasteiger partial charge in [-0.15, -0.1) is 0 Å². The molecule has 2 unspecified atom stereocenters. The topological polar surface area (TPSA) is 59.4 Å². The number of aryl methyl sites for hydroxylation is 1. The molecular weight excluding hydrogens is 256 g/mol. The fourth-order valence-electron chi connectivity index (χ4n) is 2.38. The maximum atomic E-state index is 12.3. The summed E-state index contributed by atoms with van der Waals surface area (Å²) in [5.74, 6) is 0.142. The molecular formula is C14H24N4O2. The lowest BCUT2D eigenvalue weighted by molar-refractivity contribution is -0.137. The molecule has 0 aliphatic carbocycles. The van der Waals surface area contributed by atoms with Crippen LogP contribution < -0.4 is 5.32 Å². The van der Waals surface area contributed by atoms with Crippen molar-refractivity contribution in [2.75, 3.05) is 26.3 Å². The van der Waals surface area contributed by atoms with Gasteiger partial charge in [0.25, 0.3) is 0 Å². The molecule has 1 aliphatic heterocycles. The van der Waals surface area contributed by atoms with Gasteiger partial charge in [-0.2, -0.15) is 5.10 Å². The molecule has 1 saturated heterocycles. The fourth-order valence-corrected chi connectivity index (χ4v) is 2.38. The minimum Gasteiger partial charge on any atom is -0.378 e. The summed E-state index contributed by atoms with van der Waals surface area (Å²) in [5, 5.41) is 7.61. The number of aromatic nitrogens is 2. The van der Waals surface area contributed by atoms with E-state index >= 15 is 0 Å². The highest BCUT2D eigenvalue weighted by Gasteiger charge is 2.23. The third-order valence-corrected chi connectivity index (χ3v) is 3.67. The van der Waals surface area contributed by atoms with E-state index in [0.29, 0.717) is 26.3 Å². The maximum absolute atomic E-state index is 12.3. The highest BCUT2D eigenvalue weighted by molar-refractivity contribution is 5.81. The number of carbonyl (C=O) groups excluding carboxylic acids is 1. The van der Waals surface area contributed by atoms with Crippen LogP contribution in [0.5, 0.6) is 0 Å². The molecule has 2 rings (SSSR count). The summed E-state index contributed by atoms with van der Waals surface area (Å²) in [5.41, 5.74) is 1.11. The van der Waals surface area contributed by atoms with E-state index in [0.717, 1.165) is 12.1 Å². The average Bonchev–Trinajstić information content (AvgIpc) is 2.96. The summed E-state index contributed by atoms with van der Waals surface area (Å²) in [6.45, 7) is 9.53. The van der Waals surface area contributed by atoms with Gasteiger partial charge in [-0.25, -0.2) is 0 Å². The number of carbonyl (C=O) groups is 1. The van der Waals surface area contributed by atoms with Crippen LogP contribution in [0.2, 0.25) is 0 Å². The van der Waals surface area contributed by atoms with Crippen molar-refractivity contribution < 1.29 is 9.53 Å². The lowest BCUT2D eigenvalue weighted by atomic mass is 10.1. The van der Waals surface area contributed by atoms with Gasteiger partial charge in [0.05, 0.1) is 25.5 Å². The lowest BCUT2D eigenvalue weighted by Crippen LogP contribution is -2.49. The maximum Gasteiger partial charge on any atom is 0.239 e. The molecule has 20 heavy (non-hydrogen) atoms. The Balaban J connectivity index is 1.89. The van der Waals surface area contributed by atoms with Crippen LogP contribution in [0, 0.1) is 0 Å². The van der Waals surface area contributed by atoms with Crippen molar-refractivity contribution in [2.45, 2.75) is 39.4 Å². The smallest absolute Gasteiger partial charge is 0.239 e. The molecule has 0 aromatic carbocycles. The van der Waals surface area contributed by atoms with Gasteiger partial charge >= 0.3 is 0 Å². The molecule has 1 aliphatic rings. The Hall–Kier alpha value is -1.40. The largest absolute Gasteiger partial charge is 0.378 e. The minimum atomic E-state index is -0.201. The van der Waals surface area contributed by atoms with E-state index in [1.807, 2.05) is 28.9 Å². The minimum absolute atomic E-state index is 0.107. The first-order chi connectivity index (χ1) is 9.61. The molecule has 1 fully saturated rings. The Morgan fingerprint density at radius 3 is 2.75 bits per heavy atom. The summed E-state index contributed by atoms with van der Waals surface area (Å²) in [6, 6.07) is -0.0941. The van der Waals surface area contributed by atoms with E-state index in [-0.39, 0.29) is 18.0 Å². The molecule has 2 heterocycles. The molecule has 1 N–H and O–H groups in total. The van der Waals surface area contributed by atoms with Gasteiger partial charge in [0.15, 0.2) is 0 Å². The molecule has 1 amide bonds. The number of ether oxygens (including phenoxy) is 1. The molecule has 1 aromatic rings. The zero-order valence-corrected chi connectivity index (χ0v) is 12.5.